The zero-order valence-corrected chi connectivity index (χ0v) is 13.8. The second-order valence-electron chi connectivity index (χ2n) is 5.12. The summed E-state index contributed by atoms with van der Waals surface area (Å²) in [5, 5.41) is 12.4. The molecule has 0 atom stereocenters. The highest BCUT2D eigenvalue weighted by atomic mass is 32.1. The molecule has 0 aliphatic rings. The molecule has 0 fully saturated rings. The fourth-order valence-electron chi connectivity index (χ4n) is 2.31. The van der Waals surface area contributed by atoms with Crippen LogP contribution in [0.15, 0.2) is 42.6 Å². The van der Waals surface area contributed by atoms with Crippen molar-refractivity contribution >= 4 is 21.6 Å². The first-order chi connectivity index (χ1) is 11.8. The Kier molecular flexibility index (Phi) is 3.87. The average molecular weight is 338 g/mol. The zero-order valence-electron chi connectivity index (χ0n) is 13.0. The number of ether oxygens (including phenoxy) is 1. The normalized spacial score (nSPS) is 11.0. The maximum atomic E-state index is 5.77. The molecule has 4 aromatic rings. The van der Waals surface area contributed by atoms with Gasteiger partial charge < -0.3 is 4.74 Å². The monoisotopic (exact) mass is 338 g/mol. The van der Waals surface area contributed by atoms with Gasteiger partial charge in [-0.05, 0) is 46.7 Å². The van der Waals surface area contributed by atoms with Crippen LogP contribution >= 0.6 is 11.3 Å². The van der Waals surface area contributed by atoms with Crippen LogP contribution in [-0.4, -0.2) is 30.2 Å². The molecule has 120 valence electrons. The minimum absolute atomic E-state index is 0.227. The minimum Gasteiger partial charge on any atom is -0.462 e. The lowest BCUT2D eigenvalue weighted by Crippen LogP contribution is -2.08. The molecule has 24 heavy (non-hydrogen) atoms. The van der Waals surface area contributed by atoms with Crippen molar-refractivity contribution in [3.8, 4) is 11.0 Å². The molecule has 1 aromatic carbocycles. The Morgan fingerprint density at radius 1 is 1.21 bits per heavy atom. The predicted octanol–water partition coefficient (Wildman–Crippen LogP) is 2.81. The van der Waals surface area contributed by atoms with Crippen LogP contribution in [0.2, 0.25) is 0 Å². The van der Waals surface area contributed by atoms with Gasteiger partial charge in [0, 0.05) is 6.20 Å². The summed E-state index contributed by atoms with van der Waals surface area (Å²) in [7, 11) is 0. The van der Waals surface area contributed by atoms with E-state index in [-0.39, 0.29) is 6.61 Å². The molecular weight excluding hydrogens is 324 g/mol. The topological polar surface area (TPSA) is 78.6 Å². The number of thiazole rings is 1. The van der Waals surface area contributed by atoms with Crippen molar-refractivity contribution in [1.29, 1.82) is 0 Å². The number of nitrogens with zero attached hydrogens (tertiary/aromatic N) is 6. The molecule has 0 radical (unpaired) electrons. The van der Waals surface area contributed by atoms with Gasteiger partial charge in [0.25, 0.3) is 5.19 Å². The Balaban J connectivity index is 1.56. The van der Waals surface area contributed by atoms with Gasteiger partial charge in [-0.2, -0.15) is 4.68 Å². The Morgan fingerprint density at radius 2 is 2.12 bits per heavy atom. The number of fused-ring (bicyclic) bond motifs is 1. The number of aromatic nitrogens is 6. The number of aryl methyl sites for hydroxylation is 1. The average Bonchev–Trinajstić information content (AvgIpc) is 3.26. The van der Waals surface area contributed by atoms with Gasteiger partial charge >= 0.3 is 0 Å². The Bertz CT molecular complexity index is 946. The van der Waals surface area contributed by atoms with E-state index in [1.807, 2.05) is 36.4 Å². The minimum atomic E-state index is 0.227. The molecule has 0 bridgehead atoms. The van der Waals surface area contributed by atoms with Crippen molar-refractivity contribution in [2.45, 2.75) is 20.0 Å². The van der Waals surface area contributed by atoms with Gasteiger partial charge in [-0.1, -0.05) is 30.4 Å². The van der Waals surface area contributed by atoms with Crippen molar-refractivity contribution in [1.82, 2.24) is 30.2 Å². The van der Waals surface area contributed by atoms with Gasteiger partial charge in [0.05, 0.1) is 10.2 Å². The van der Waals surface area contributed by atoms with Gasteiger partial charge in [-0.15, -0.1) is 5.10 Å². The Hall–Kier alpha value is -2.87. The number of rotatable bonds is 5. The molecule has 3 heterocycles. The summed E-state index contributed by atoms with van der Waals surface area (Å²) in [6, 6.07) is 11.9. The van der Waals surface area contributed by atoms with E-state index in [0.717, 1.165) is 16.6 Å². The standard InChI is InChI=1S/C16H14N6OS/c1-2-11-7-8-17-14(9-11)22-15(19-20-21-22)10-23-16-18-12-5-3-4-6-13(12)24-16/h3-9H,2,10H2,1H3. The Labute approximate surface area is 141 Å². The highest BCUT2D eigenvalue weighted by Crippen LogP contribution is 2.27. The highest BCUT2D eigenvalue weighted by molar-refractivity contribution is 7.20. The lowest BCUT2D eigenvalue weighted by atomic mass is 10.2. The van der Waals surface area contributed by atoms with Crippen molar-refractivity contribution in [3.05, 3.63) is 54.0 Å². The third kappa shape index (κ3) is 2.83. The van der Waals surface area contributed by atoms with E-state index in [1.165, 1.54) is 16.9 Å². The van der Waals surface area contributed by atoms with E-state index < -0.39 is 0 Å². The predicted molar refractivity (Wildman–Crippen MR) is 90.3 cm³/mol. The van der Waals surface area contributed by atoms with Crippen LogP contribution in [0, 0.1) is 0 Å². The zero-order chi connectivity index (χ0) is 16.4. The third-order valence-corrected chi connectivity index (χ3v) is 4.52. The van der Waals surface area contributed by atoms with Gasteiger partial charge in [-0.3, -0.25) is 0 Å². The van der Waals surface area contributed by atoms with Crippen molar-refractivity contribution in [3.63, 3.8) is 0 Å². The summed E-state index contributed by atoms with van der Waals surface area (Å²) >= 11 is 1.50. The van der Waals surface area contributed by atoms with Crippen molar-refractivity contribution < 1.29 is 4.74 Å². The van der Waals surface area contributed by atoms with Crippen LogP contribution < -0.4 is 4.74 Å². The highest BCUT2D eigenvalue weighted by Gasteiger charge is 2.12. The lowest BCUT2D eigenvalue weighted by Gasteiger charge is -2.05. The summed E-state index contributed by atoms with van der Waals surface area (Å²) in [6.45, 7) is 2.32. The first-order valence-corrected chi connectivity index (χ1v) is 8.36. The Morgan fingerprint density at radius 3 is 3.00 bits per heavy atom. The fraction of sp³-hybridized carbons (Fsp3) is 0.188. The molecule has 3 aromatic heterocycles. The molecule has 0 N–H and O–H groups in total. The van der Waals surface area contributed by atoms with Crippen LogP contribution in [-0.2, 0) is 13.0 Å². The molecule has 0 amide bonds. The maximum Gasteiger partial charge on any atom is 0.274 e. The molecule has 7 nitrogen and oxygen atoms in total. The maximum absolute atomic E-state index is 5.77. The second-order valence-corrected chi connectivity index (χ2v) is 6.11. The number of hydrogen-bond acceptors (Lipinski definition) is 7. The molecule has 4 rings (SSSR count). The van der Waals surface area contributed by atoms with Gasteiger partial charge in [-0.25, -0.2) is 9.97 Å². The van der Waals surface area contributed by atoms with Gasteiger partial charge in [0.1, 0.15) is 0 Å². The number of benzene rings is 1. The molecule has 0 saturated heterocycles. The third-order valence-electron chi connectivity index (χ3n) is 3.57. The summed E-state index contributed by atoms with van der Waals surface area (Å²) in [4.78, 5) is 8.78. The largest absolute Gasteiger partial charge is 0.462 e. The molecule has 0 unspecified atom stereocenters. The van der Waals surface area contributed by atoms with Crippen LogP contribution in [0.3, 0.4) is 0 Å². The fourth-order valence-corrected chi connectivity index (χ4v) is 3.12. The van der Waals surface area contributed by atoms with E-state index >= 15 is 0 Å². The lowest BCUT2D eigenvalue weighted by molar-refractivity contribution is 0.291. The SMILES string of the molecule is CCc1ccnc(-n2nnnc2COc2nc3ccccc3s2)c1. The summed E-state index contributed by atoms with van der Waals surface area (Å²) in [6.07, 6.45) is 2.68. The first kappa shape index (κ1) is 14.7. The number of para-hydroxylation sites is 1. The molecule has 0 aliphatic carbocycles. The van der Waals surface area contributed by atoms with E-state index in [2.05, 4.69) is 32.4 Å². The van der Waals surface area contributed by atoms with Crippen LogP contribution in [0.25, 0.3) is 16.0 Å². The molecule has 0 aliphatic heterocycles. The quantitative estimate of drug-likeness (QED) is 0.557. The molecule has 8 heteroatoms. The van der Waals surface area contributed by atoms with E-state index in [0.29, 0.717) is 16.8 Å². The molecular formula is C16H14N6OS. The van der Waals surface area contributed by atoms with Crippen molar-refractivity contribution in [2.75, 3.05) is 0 Å². The van der Waals surface area contributed by atoms with Gasteiger partial charge in [0.2, 0.25) is 0 Å². The smallest absolute Gasteiger partial charge is 0.274 e. The summed E-state index contributed by atoms with van der Waals surface area (Å²) in [5.74, 6) is 1.26. The first-order valence-electron chi connectivity index (χ1n) is 7.54. The summed E-state index contributed by atoms with van der Waals surface area (Å²) in [5.41, 5.74) is 2.10. The number of tetrazole rings is 1. The number of hydrogen-bond donors (Lipinski definition) is 0. The van der Waals surface area contributed by atoms with Crippen LogP contribution in [0.4, 0.5) is 0 Å². The van der Waals surface area contributed by atoms with E-state index in [9.17, 15) is 0 Å². The van der Waals surface area contributed by atoms with E-state index in [4.69, 9.17) is 4.74 Å². The second kappa shape index (κ2) is 6.32. The van der Waals surface area contributed by atoms with Crippen molar-refractivity contribution in [2.24, 2.45) is 0 Å². The number of pyridine rings is 1. The molecule has 0 spiro atoms. The van der Waals surface area contributed by atoms with Crippen LogP contribution in [0.5, 0.6) is 5.19 Å². The van der Waals surface area contributed by atoms with E-state index in [1.54, 1.807) is 10.9 Å². The molecule has 0 saturated carbocycles. The van der Waals surface area contributed by atoms with Gasteiger partial charge in [0.15, 0.2) is 18.2 Å². The summed E-state index contributed by atoms with van der Waals surface area (Å²) < 4.78 is 8.45. The van der Waals surface area contributed by atoms with Crippen LogP contribution in [0.1, 0.15) is 18.3 Å².